The van der Waals surface area contributed by atoms with Crippen molar-refractivity contribution in [2.45, 2.75) is 25.2 Å². The normalized spacial score (nSPS) is 13.1. The summed E-state index contributed by atoms with van der Waals surface area (Å²) in [7, 11) is 0. The monoisotopic (exact) mass is 233 g/mol. The van der Waals surface area contributed by atoms with Crippen LogP contribution in [0.2, 0.25) is 0 Å². The van der Waals surface area contributed by atoms with E-state index in [1.165, 1.54) is 0 Å². The molecule has 1 atom stereocenters. The Labute approximate surface area is 92.2 Å². The summed E-state index contributed by atoms with van der Waals surface area (Å²) in [5.41, 5.74) is 1.07. The van der Waals surface area contributed by atoms with Crippen molar-refractivity contribution in [2.75, 3.05) is 12.4 Å². The number of nitrogens with zero attached hydrogens (tertiary/aromatic N) is 1. The molecule has 0 amide bonds. The number of aliphatic hydroxyl groups is 2. The average Bonchev–Trinajstić information content (AvgIpc) is 2.65. The molecule has 0 aromatic carbocycles. The van der Waals surface area contributed by atoms with Crippen LogP contribution in [0.5, 0.6) is 0 Å². The van der Waals surface area contributed by atoms with Crippen LogP contribution in [-0.2, 0) is 12.2 Å². The molecule has 1 aromatic rings. The number of aliphatic hydroxyl groups excluding tert-OH is 2. The number of aromatic nitrogens is 1. The van der Waals surface area contributed by atoms with E-state index in [0.29, 0.717) is 5.75 Å². The number of hydrogen-bond donors (Lipinski definition) is 2. The second kappa shape index (κ2) is 6.40. The van der Waals surface area contributed by atoms with Gasteiger partial charge in [0, 0.05) is 16.9 Å². The Morgan fingerprint density at radius 3 is 3.00 bits per heavy atom. The maximum Gasteiger partial charge on any atom is 0.0925 e. The molecular weight excluding hydrogens is 218 g/mol. The van der Waals surface area contributed by atoms with Crippen molar-refractivity contribution >= 4 is 23.1 Å². The highest BCUT2D eigenvalue weighted by atomic mass is 32.2. The Hall–Kier alpha value is -0.100. The lowest BCUT2D eigenvalue weighted by Crippen LogP contribution is -2.14. The predicted octanol–water partition coefficient (Wildman–Crippen LogP) is 1.29. The van der Waals surface area contributed by atoms with Crippen molar-refractivity contribution in [1.82, 2.24) is 4.98 Å². The van der Waals surface area contributed by atoms with E-state index in [4.69, 9.17) is 10.2 Å². The van der Waals surface area contributed by atoms with Crippen molar-refractivity contribution in [3.8, 4) is 0 Å². The molecule has 1 rings (SSSR count). The van der Waals surface area contributed by atoms with Gasteiger partial charge in [0.15, 0.2) is 0 Å². The predicted molar refractivity (Wildman–Crippen MR) is 60.7 cm³/mol. The second-order valence-electron chi connectivity index (χ2n) is 2.94. The number of hydrogen-bond acceptors (Lipinski definition) is 5. The fourth-order valence-electron chi connectivity index (χ4n) is 0.930. The molecule has 0 aliphatic carbocycles. The molecule has 80 valence electrons. The van der Waals surface area contributed by atoms with Gasteiger partial charge in [0.25, 0.3) is 0 Å². The molecular formula is C9H15NO2S2. The molecule has 1 heterocycles. The minimum atomic E-state index is -0.607. The zero-order valence-electron chi connectivity index (χ0n) is 8.14. The first kappa shape index (κ1) is 12.0. The van der Waals surface area contributed by atoms with E-state index in [2.05, 4.69) is 17.3 Å². The largest absolute Gasteiger partial charge is 0.394 e. The molecule has 1 unspecified atom stereocenters. The van der Waals surface area contributed by atoms with Crippen LogP contribution in [0.3, 0.4) is 0 Å². The van der Waals surface area contributed by atoms with Crippen LogP contribution < -0.4 is 0 Å². The van der Waals surface area contributed by atoms with Gasteiger partial charge in [-0.15, -0.1) is 11.3 Å². The molecule has 5 heteroatoms. The minimum Gasteiger partial charge on any atom is -0.394 e. The maximum atomic E-state index is 9.10. The summed E-state index contributed by atoms with van der Waals surface area (Å²) < 4.78 is 0. The third-order valence-corrected chi connectivity index (χ3v) is 3.84. The topological polar surface area (TPSA) is 53.4 Å². The van der Waals surface area contributed by atoms with Crippen molar-refractivity contribution in [3.63, 3.8) is 0 Å². The summed E-state index contributed by atoms with van der Waals surface area (Å²) in [6.07, 6.45) is 0.374. The molecule has 3 nitrogen and oxygen atoms in total. The fraction of sp³-hybridized carbons (Fsp3) is 0.667. The number of thioether (sulfide) groups is 1. The van der Waals surface area contributed by atoms with Gasteiger partial charge < -0.3 is 10.2 Å². The fourth-order valence-corrected chi connectivity index (χ4v) is 2.63. The van der Waals surface area contributed by atoms with E-state index in [1.54, 1.807) is 23.1 Å². The molecule has 0 fully saturated rings. The van der Waals surface area contributed by atoms with Gasteiger partial charge in [0.2, 0.25) is 0 Å². The summed E-state index contributed by atoms with van der Waals surface area (Å²) in [4.78, 5) is 4.40. The lowest BCUT2D eigenvalue weighted by Gasteiger charge is -2.04. The summed E-state index contributed by atoms with van der Waals surface area (Å²) in [5.74, 6) is 1.38. The first-order chi connectivity index (χ1) is 6.76. The van der Waals surface area contributed by atoms with Gasteiger partial charge in [0.05, 0.1) is 23.4 Å². The molecule has 0 aliphatic rings. The molecule has 0 spiro atoms. The summed E-state index contributed by atoms with van der Waals surface area (Å²) >= 11 is 3.27. The maximum absolute atomic E-state index is 9.10. The Bertz CT molecular complexity index is 265. The second-order valence-corrected chi connectivity index (χ2v) is 4.91. The van der Waals surface area contributed by atoms with Gasteiger partial charge in [0.1, 0.15) is 0 Å². The highest BCUT2D eigenvalue weighted by molar-refractivity contribution is 7.98. The van der Waals surface area contributed by atoms with Gasteiger partial charge in [-0.3, -0.25) is 0 Å². The molecule has 0 aliphatic heterocycles. The summed E-state index contributed by atoms with van der Waals surface area (Å²) in [6, 6.07) is 0. The van der Waals surface area contributed by atoms with Crippen LogP contribution in [0.4, 0.5) is 0 Å². The third kappa shape index (κ3) is 3.96. The van der Waals surface area contributed by atoms with Gasteiger partial charge in [-0.2, -0.15) is 11.8 Å². The van der Waals surface area contributed by atoms with Gasteiger partial charge in [-0.1, -0.05) is 6.92 Å². The van der Waals surface area contributed by atoms with Gasteiger partial charge >= 0.3 is 0 Å². The molecule has 1 aromatic heterocycles. The van der Waals surface area contributed by atoms with Gasteiger partial charge in [-0.25, -0.2) is 4.98 Å². The standard InChI is InChI=1S/C9H15NO2S2/c1-2-9-10-7(5-14-9)4-13-6-8(12)3-11/h5,8,11-12H,2-4,6H2,1H3. The lowest BCUT2D eigenvalue weighted by atomic mass is 10.4. The quantitative estimate of drug-likeness (QED) is 0.777. The van der Waals surface area contributed by atoms with E-state index in [1.807, 2.05) is 0 Å². The molecule has 0 bridgehead atoms. The van der Waals surface area contributed by atoms with Crippen molar-refractivity contribution < 1.29 is 10.2 Å². The Kier molecular flexibility index (Phi) is 5.47. The molecule has 0 saturated heterocycles. The summed E-state index contributed by atoms with van der Waals surface area (Å²) in [6.45, 7) is 1.93. The number of aryl methyl sites for hydroxylation is 1. The summed E-state index contributed by atoms with van der Waals surface area (Å²) in [5, 5.41) is 20.9. The first-order valence-electron chi connectivity index (χ1n) is 4.56. The van der Waals surface area contributed by atoms with E-state index in [-0.39, 0.29) is 6.61 Å². The highest BCUT2D eigenvalue weighted by Crippen LogP contribution is 2.16. The van der Waals surface area contributed by atoms with Crippen LogP contribution in [0.15, 0.2) is 5.38 Å². The zero-order chi connectivity index (χ0) is 10.4. The Morgan fingerprint density at radius 1 is 1.64 bits per heavy atom. The third-order valence-electron chi connectivity index (χ3n) is 1.67. The van der Waals surface area contributed by atoms with Crippen LogP contribution in [-0.4, -0.2) is 33.7 Å². The lowest BCUT2D eigenvalue weighted by molar-refractivity contribution is 0.113. The Morgan fingerprint density at radius 2 is 2.43 bits per heavy atom. The molecule has 14 heavy (non-hydrogen) atoms. The van der Waals surface area contributed by atoms with Crippen molar-refractivity contribution in [3.05, 3.63) is 16.1 Å². The SMILES string of the molecule is CCc1nc(CSCC(O)CO)cs1. The zero-order valence-corrected chi connectivity index (χ0v) is 9.77. The smallest absolute Gasteiger partial charge is 0.0925 e. The molecule has 2 N–H and O–H groups in total. The molecule has 0 radical (unpaired) electrons. The number of thiazole rings is 1. The van der Waals surface area contributed by atoms with E-state index < -0.39 is 6.10 Å². The highest BCUT2D eigenvalue weighted by Gasteiger charge is 2.04. The van der Waals surface area contributed by atoms with Gasteiger partial charge in [-0.05, 0) is 6.42 Å². The average molecular weight is 233 g/mol. The van der Waals surface area contributed by atoms with E-state index in [9.17, 15) is 0 Å². The van der Waals surface area contributed by atoms with Crippen molar-refractivity contribution in [1.29, 1.82) is 0 Å². The first-order valence-corrected chi connectivity index (χ1v) is 6.59. The van der Waals surface area contributed by atoms with Crippen LogP contribution >= 0.6 is 23.1 Å². The Balaban J connectivity index is 2.24. The van der Waals surface area contributed by atoms with E-state index in [0.717, 1.165) is 22.9 Å². The van der Waals surface area contributed by atoms with Crippen LogP contribution in [0, 0.1) is 0 Å². The van der Waals surface area contributed by atoms with Crippen LogP contribution in [0.1, 0.15) is 17.6 Å². The van der Waals surface area contributed by atoms with Crippen LogP contribution in [0.25, 0.3) is 0 Å². The minimum absolute atomic E-state index is 0.162. The van der Waals surface area contributed by atoms with Crippen molar-refractivity contribution in [2.24, 2.45) is 0 Å². The number of rotatable bonds is 6. The van der Waals surface area contributed by atoms with E-state index >= 15 is 0 Å². The molecule has 0 saturated carbocycles.